The van der Waals surface area contributed by atoms with E-state index in [0.717, 1.165) is 5.69 Å². The predicted octanol–water partition coefficient (Wildman–Crippen LogP) is 5.37. The minimum absolute atomic E-state index is 1.16. The molecule has 0 saturated heterocycles. The Balaban J connectivity index is 2.15. The van der Waals surface area contributed by atoms with Gasteiger partial charge in [-0.05, 0) is 41.3 Å². The number of rotatable bonds is 3. The normalized spacial score (nSPS) is 10.4. The molecule has 0 atom stereocenters. The van der Waals surface area contributed by atoms with Gasteiger partial charge in [-0.1, -0.05) is 60.7 Å². The van der Waals surface area contributed by atoms with Crippen molar-refractivity contribution in [2.75, 3.05) is 12.4 Å². The summed E-state index contributed by atoms with van der Waals surface area (Å²) in [5.41, 5.74) is 7.47. The van der Waals surface area contributed by atoms with E-state index >= 15 is 0 Å². The van der Waals surface area contributed by atoms with Gasteiger partial charge in [0, 0.05) is 18.3 Å². The second-order valence-electron chi connectivity index (χ2n) is 5.19. The summed E-state index contributed by atoms with van der Waals surface area (Å²) in [6.07, 6.45) is 0. The second kappa shape index (κ2) is 5.84. The Kier molecular flexibility index (Phi) is 3.74. The maximum atomic E-state index is 3.28. The van der Waals surface area contributed by atoms with Crippen molar-refractivity contribution in [3.05, 3.63) is 78.4 Å². The third-order valence-corrected chi connectivity index (χ3v) is 3.83. The van der Waals surface area contributed by atoms with E-state index in [0.29, 0.717) is 0 Å². The van der Waals surface area contributed by atoms with E-state index in [1.165, 1.54) is 27.8 Å². The van der Waals surface area contributed by atoms with Crippen molar-refractivity contribution in [1.82, 2.24) is 0 Å². The number of nitrogens with one attached hydrogen (secondary N) is 1. The van der Waals surface area contributed by atoms with Gasteiger partial charge < -0.3 is 5.32 Å². The lowest BCUT2D eigenvalue weighted by Crippen LogP contribution is -1.93. The highest BCUT2D eigenvalue weighted by Crippen LogP contribution is 2.33. The highest BCUT2D eigenvalue weighted by molar-refractivity contribution is 5.83. The average molecular weight is 273 g/mol. The summed E-state index contributed by atoms with van der Waals surface area (Å²) in [5.74, 6) is 0. The fourth-order valence-corrected chi connectivity index (χ4v) is 2.66. The van der Waals surface area contributed by atoms with E-state index in [1.54, 1.807) is 0 Å². The Morgan fingerprint density at radius 2 is 1.38 bits per heavy atom. The average Bonchev–Trinajstić information content (AvgIpc) is 2.56. The standard InChI is InChI=1S/C20H19N/c1-15-12-13-17(16-8-4-3-5-9-16)14-19(15)18-10-6-7-11-20(18)21-2/h3-14,21H,1-2H3. The lowest BCUT2D eigenvalue weighted by Gasteiger charge is -2.13. The molecule has 0 fully saturated rings. The Morgan fingerprint density at radius 1 is 0.667 bits per heavy atom. The van der Waals surface area contributed by atoms with Gasteiger partial charge >= 0.3 is 0 Å². The van der Waals surface area contributed by atoms with E-state index in [4.69, 9.17) is 0 Å². The molecular weight excluding hydrogens is 254 g/mol. The van der Waals surface area contributed by atoms with Crippen LogP contribution in [-0.4, -0.2) is 7.05 Å². The van der Waals surface area contributed by atoms with Gasteiger partial charge in [-0.3, -0.25) is 0 Å². The van der Waals surface area contributed by atoms with Gasteiger partial charge in [0.15, 0.2) is 0 Å². The molecule has 1 heteroatoms. The summed E-state index contributed by atoms with van der Waals surface area (Å²) < 4.78 is 0. The number of para-hydroxylation sites is 1. The topological polar surface area (TPSA) is 12.0 Å². The van der Waals surface area contributed by atoms with Crippen LogP contribution in [0, 0.1) is 6.92 Å². The summed E-state index contributed by atoms with van der Waals surface area (Å²) in [6, 6.07) is 25.6. The number of hydrogen-bond donors (Lipinski definition) is 1. The van der Waals surface area contributed by atoms with Crippen molar-refractivity contribution in [2.24, 2.45) is 0 Å². The Hall–Kier alpha value is -2.54. The van der Waals surface area contributed by atoms with E-state index in [-0.39, 0.29) is 0 Å². The quantitative estimate of drug-likeness (QED) is 0.676. The van der Waals surface area contributed by atoms with Crippen LogP contribution < -0.4 is 5.32 Å². The molecule has 21 heavy (non-hydrogen) atoms. The molecule has 1 N–H and O–H groups in total. The summed E-state index contributed by atoms with van der Waals surface area (Å²) >= 11 is 0. The molecule has 0 aromatic heterocycles. The molecule has 1 nitrogen and oxygen atoms in total. The van der Waals surface area contributed by atoms with Gasteiger partial charge in [0.05, 0.1) is 0 Å². The van der Waals surface area contributed by atoms with E-state index < -0.39 is 0 Å². The summed E-state index contributed by atoms with van der Waals surface area (Å²) in [7, 11) is 1.97. The minimum Gasteiger partial charge on any atom is -0.388 e. The first-order chi connectivity index (χ1) is 10.3. The van der Waals surface area contributed by atoms with Gasteiger partial charge in [-0.25, -0.2) is 0 Å². The smallest absolute Gasteiger partial charge is 0.0417 e. The summed E-state index contributed by atoms with van der Waals surface area (Å²) in [4.78, 5) is 0. The predicted molar refractivity (Wildman–Crippen MR) is 91.6 cm³/mol. The number of anilines is 1. The Morgan fingerprint density at radius 3 is 2.14 bits per heavy atom. The molecule has 0 radical (unpaired) electrons. The fraction of sp³-hybridized carbons (Fsp3) is 0.100. The second-order valence-corrected chi connectivity index (χ2v) is 5.19. The maximum absolute atomic E-state index is 3.28. The molecule has 3 rings (SSSR count). The van der Waals surface area contributed by atoms with Crippen molar-refractivity contribution in [3.63, 3.8) is 0 Å². The van der Waals surface area contributed by atoms with Crippen LogP contribution in [0.1, 0.15) is 5.56 Å². The van der Waals surface area contributed by atoms with Crippen molar-refractivity contribution >= 4 is 5.69 Å². The zero-order chi connectivity index (χ0) is 14.7. The molecule has 0 spiro atoms. The summed E-state index contributed by atoms with van der Waals surface area (Å²) in [6.45, 7) is 2.16. The zero-order valence-corrected chi connectivity index (χ0v) is 12.4. The van der Waals surface area contributed by atoms with Gasteiger partial charge in [-0.15, -0.1) is 0 Å². The Labute approximate surface area is 126 Å². The van der Waals surface area contributed by atoms with Crippen LogP contribution in [0.3, 0.4) is 0 Å². The number of aryl methyl sites for hydroxylation is 1. The van der Waals surface area contributed by atoms with Crippen LogP contribution in [0.15, 0.2) is 72.8 Å². The van der Waals surface area contributed by atoms with Crippen molar-refractivity contribution < 1.29 is 0 Å². The molecule has 0 amide bonds. The van der Waals surface area contributed by atoms with Crippen LogP contribution in [0.4, 0.5) is 5.69 Å². The van der Waals surface area contributed by atoms with Crippen LogP contribution in [0.2, 0.25) is 0 Å². The Bertz CT molecular complexity index is 745. The lowest BCUT2D eigenvalue weighted by molar-refractivity contribution is 1.43. The first-order valence-corrected chi connectivity index (χ1v) is 7.23. The molecule has 0 aliphatic carbocycles. The molecule has 0 bridgehead atoms. The van der Waals surface area contributed by atoms with Crippen molar-refractivity contribution in [3.8, 4) is 22.3 Å². The van der Waals surface area contributed by atoms with E-state index in [1.807, 2.05) is 7.05 Å². The highest BCUT2D eigenvalue weighted by atomic mass is 14.8. The fourth-order valence-electron chi connectivity index (χ4n) is 2.66. The van der Waals surface area contributed by atoms with Crippen molar-refractivity contribution in [1.29, 1.82) is 0 Å². The third-order valence-electron chi connectivity index (χ3n) is 3.83. The monoisotopic (exact) mass is 273 g/mol. The van der Waals surface area contributed by atoms with Gasteiger partial charge in [0.1, 0.15) is 0 Å². The molecule has 0 aliphatic heterocycles. The first kappa shape index (κ1) is 13.4. The highest BCUT2D eigenvalue weighted by Gasteiger charge is 2.08. The first-order valence-electron chi connectivity index (χ1n) is 7.23. The molecule has 3 aromatic rings. The lowest BCUT2D eigenvalue weighted by atomic mass is 9.94. The summed E-state index contributed by atoms with van der Waals surface area (Å²) in [5, 5.41) is 3.28. The third kappa shape index (κ3) is 2.68. The van der Waals surface area contributed by atoms with Crippen LogP contribution in [0.5, 0.6) is 0 Å². The van der Waals surface area contributed by atoms with Gasteiger partial charge in [0.25, 0.3) is 0 Å². The number of hydrogen-bond acceptors (Lipinski definition) is 1. The van der Waals surface area contributed by atoms with Gasteiger partial charge in [0.2, 0.25) is 0 Å². The maximum Gasteiger partial charge on any atom is 0.0417 e. The molecule has 0 unspecified atom stereocenters. The molecule has 104 valence electrons. The SMILES string of the molecule is CNc1ccccc1-c1cc(-c2ccccc2)ccc1C. The van der Waals surface area contributed by atoms with Crippen LogP contribution in [0.25, 0.3) is 22.3 Å². The molecule has 0 saturated carbocycles. The van der Waals surface area contributed by atoms with E-state index in [9.17, 15) is 0 Å². The number of benzene rings is 3. The molecular formula is C20H19N. The van der Waals surface area contributed by atoms with E-state index in [2.05, 4.69) is 85.0 Å². The van der Waals surface area contributed by atoms with Crippen LogP contribution >= 0.6 is 0 Å². The van der Waals surface area contributed by atoms with Crippen LogP contribution in [-0.2, 0) is 0 Å². The zero-order valence-electron chi connectivity index (χ0n) is 12.4. The largest absolute Gasteiger partial charge is 0.388 e. The molecule has 3 aromatic carbocycles. The molecule has 0 aliphatic rings. The minimum atomic E-state index is 1.16. The molecule has 0 heterocycles. The van der Waals surface area contributed by atoms with Gasteiger partial charge in [-0.2, -0.15) is 0 Å². The van der Waals surface area contributed by atoms with Crippen molar-refractivity contribution in [2.45, 2.75) is 6.92 Å².